The number of rotatable bonds is 4. The summed E-state index contributed by atoms with van der Waals surface area (Å²) in [5.41, 5.74) is 1.98. The fourth-order valence-electron chi connectivity index (χ4n) is 3.66. The number of carbonyl (C=O) groups is 2. The number of anilines is 1. The number of hydrogen-bond donors (Lipinski definition) is 1. The van der Waals surface area contributed by atoms with Gasteiger partial charge in [0, 0.05) is 28.4 Å². The molecule has 1 fully saturated rings. The fourth-order valence-corrected chi connectivity index (χ4v) is 3.79. The summed E-state index contributed by atoms with van der Waals surface area (Å²) in [5.74, 6) is -1.99. The molecule has 1 saturated heterocycles. The topological polar surface area (TPSA) is 101 Å². The molecule has 0 radical (unpaired) electrons. The van der Waals surface area contributed by atoms with Crippen LogP contribution >= 0.6 is 11.6 Å². The summed E-state index contributed by atoms with van der Waals surface area (Å²) in [6.45, 7) is 1.90. The molecule has 0 saturated carbocycles. The predicted octanol–water partition coefficient (Wildman–Crippen LogP) is 5.18. The summed E-state index contributed by atoms with van der Waals surface area (Å²) >= 11 is 5.93. The van der Waals surface area contributed by atoms with Crippen LogP contribution in [-0.2, 0) is 9.59 Å². The Hall–Kier alpha value is -3.97. The molecule has 0 bridgehead atoms. The van der Waals surface area contributed by atoms with Crippen molar-refractivity contribution in [1.29, 1.82) is 0 Å². The van der Waals surface area contributed by atoms with Gasteiger partial charge >= 0.3 is 0 Å². The van der Waals surface area contributed by atoms with Gasteiger partial charge in [-0.05, 0) is 61.0 Å². The summed E-state index contributed by atoms with van der Waals surface area (Å²) in [6.07, 6.45) is 0. The second-order valence-corrected chi connectivity index (χ2v) is 7.80. The molecule has 8 heteroatoms. The van der Waals surface area contributed by atoms with Gasteiger partial charge in [-0.25, -0.2) is 0 Å². The molecule has 1 aliphatic rings. The van der Waals surface area contributed by atoms with Gasteiger partial charge in [-0.2, -0.15) is 0 Å². The SMILES string of the molecule is Cc1ccc(N2C(=O)C(=O)/C(=C(/O)c3ccc(Cl)cc3)[C@@H]2c2ccc([N+](=O)[O-])cc2)cc1. The van der Waals surface area contributed by atoms with Crippen LogP contribution in [0.1, 0.15) is 22.7 Å². The van der Waals surface area contributed by atoms with Crippen LogP contribution in [0, 0.1) is 17.0 Å². The van der Waals surface area contributed by atoms with Crippen molar-refractivity contribution in [3.05, 3.63) is 110 Å². The third kappa shape index (κ3) is 3.74. The average Bonchev–Trinajstić information content (AvgIpc) is 3.05. The first-order chi connectivity index (χ1) is 15.3. The van der Waals surface area contributed by atoms with E-state index in [0.29, 0.717) is 21.8 Å². The molecule has 4 rings (SSSR count). The van der Waals surface area contributed by atoms with Gasteiger partial charge in [0.2, 0.25) is 0 Å². The van der Waals surface area contributed by atoms with Crippen molar-refractivity contribution in [3.63, 3.8) is 0 Å². The number of aryl methyl sites for hydroxylation is 1. The van der Waals surface area contributed by atoms with E-state index >= 15 is 0 Å². The van der Waals surface area contributed by atoms with Crippen molar-refractivity contribution in [2.24, 2.45) is 0 Å². The van der Waals surface area contributed by atoms with Gasteiger partial charge in [0.05, 0.1) is 16.5 Å². The number of nitro groups is 1. The maximum atomic E-state index is 13.1. The summed E-state index contributed by atoms with van der Waals surface area (Å²) < 4.78 is 0. The normalized spacial score (nSPS) is 17.6. The number of Topliss-reactive ketones (excluding diaryl/α,β-unsaturated/α-hetero) is 1. The number of aliphatic hydroxyl groups excluding tert-OH is 1. The van der Waals surface area contributed by atoms with Gasteiger partial charge in [-0.15, -0.1) is 0 Å². The summed E-state index contributed by atoms with van der Waals surface area (Å²) in [4.78, 5) is 37.9. The summed E-state index contributed by atoms with van der Waals surface area (Å²) in [5, 5.41) is 22.5. The highest BCUT2D eigenvalue weighted by Crippen LogP contribution is 2.42. The van der Waals surface area contributed by atoms with Gasteiger partial charge in [0.25, 0.3) is 17.4 Å². The number of aliphatic hydroxyl groups is 1. The number of nitrogens with zero attached hydrogens (tertiary/aromatic N) is 2. The number of nitro benzene ring substituents is 1. The lowest BCUT2D eigenvalue weighted by molar-refractivity contribution is -0.384. The molecule has 1 atom stereocenters. The Morgan fingerprint density at radius 1 is 0.969 bits per heavy atom. The zero-order chi connectivity index (χ0) is 23.0. The predicted molar refractivity (Wildman–Crippen MR) is 121 cm³/mol. The molecule has 1 amide bonds. The first-order valence-electron chi connectivity index (χ1n) is 9.66. The lowest BCUT2D eigenvalue weighted by Crippen LogP contribution is -2.29. The number of hydrogen-bond acceptors (Lipinski definition) is 5. The van der Waals surface area contributed by atoms with Crippen molar-refractivity contribution >= 4 is 40.4 Å². The summed E-state index contributed by atoms with van der Waals surface area (Å²) in [7, 11) is 0. The van der Waals surface area contributed by atoms with E-state index in [4.69, 9.17) is 11.6 Å². The third-order valence-electron chi connectivity index (χ3n) is 5.29. The third-order valence-corrected chi connectivity index (χ3v) is 5.55. The molecule has 1 heterocycles. The summed E-state index contributed by atoms with van der Waals surface area (Å²) in [6, 6.07) is 17.8. The minimum atomic E-state index is -0.964. The molecular formula is C24H17ClN2O5. The van der Waals surface area contributed by atoms with Crippen molar-refractivity contribution in [1.82, 2.24) is 0 Å². The molecule has 1 N–H and O–H groups in total. The van der Waals surface area contributed by atoms with Crippen molar-refractivity contribution < 1.29 is 19.6 Å². The lowest BCUT2D eigenvalue weighted by atomic mass is 9.95. The minimum absolute atomic E-state index is 0.105. The Balaban J connectivity index is 1.92. The molecule has 160 valence electrons. The molecule has 1 aliphatic heterocycles. The molecule has 0 spiro atoms. The van der Waals surface area contributed by atoms with Crippen LogP contribution in [0.25, 0.3) is 5.76 Å². The molecule has 3 aromatic rings. The van der Waals surface area contributed by atoms with Gasteiger partial charge in [0.15, 0.2) is 0 Å². The quantitative estimate of drug-likeness (QED) is 0.195. The van der Waals surface area contributed by atoms with E-state index in [1.54, 1.807) is 48.5 Å². The van der Waals surface area contributed by atoms with Crippen LogP contribution in [0.2, 0.25) is 5.02 Å². The van der Waals surface area contributed by atoms with Gasteiger partial charge in [0.1, 0.15) is 5.76 Å². The standard InChI is InChI=1S/C24H17ClN2O5/c1-14-2-10-18(11-3-14)26-21(15-6-12-19(13-7-15)27(31)32)20(23(29)24(26)30)22(28)16-4-8-17(25)9-5-16/h2-13,21,28H,1H3/b22-20+/t21-/m0/s1. The zero-order valence-electron chi connectivity index (χ0n) is 16.9. The molecule has 0 aliphatic carbocycles. The number of halogens is 1. The largest absolute Gasteiger partial charge is 0.507 e. The molecule has 3 aromatic carbocycles. The highest BCUT2D eigenvalue weighted by atomic mass is 35.5. The van der Waals surface area contributed by atoms with Crippen LogP contribution in [0.5, 0.6) is 0 Å². The molecular weight excluding hydrogens is 432 g/mol. The van der Waals surface area contributed by atoms with Crippen molar-refractivity contribution in [2.75, 3.05) is 4.90 Å². The van der Waals surface area contributed by atoms with Crippen LogP contribution in [0.3, 0.4) is 0 Å². The maximum Gasteiger partial charge on any atom is 0.300 e. The van der Waals surface area contributed by atoms with Gasteiger partial charge in [-0.3, -0.25) is 24.6 Å². The van der Waals surface area contributed by atoms with Crippen LogP contribution in [0.4, 0.5) is 11.4 Å². The van der Waals surface area contributed by atoms with Crippen LogP contribution in [0.15, 0.2) is 78.4 Å². The second kappa shape index (κ2) is 8.28. The number of amides is 1. The highest BCUT2D eigenvalue weighted by Gasteiger charge is 2.47. The first-order valence-corrected chi connectivity index (χ1v) is 10.0. The van der Waals surface area contributed by atoms with Crippen molar-refractivity contribution in [2.45, 2.75) is 13.0 Å². The monoisotopic (exact) mass is 448 g/mol. The van der Waals surface area contributed by atoms with Crippen LogP contribution < -0.4 is 4.90 Å². The van der Waals surface area contributed by atoms with Crippen molar-refractivity contribution in [3.8, 4) is 0 Å². The number of carbonyl (C=O) groups excluding carboxylic acids is 2. The Bertz CT molecular complexity index is 1250. The Kier molecular flexibility index (Phi) is 5.50. The minimum Gasteiger partial charge on any atom is -0.507 e. The Morgan fingerprint density at radius 3 is 2.12 bits per heavy atom. The first kappa shape index (κ1) is 21.3. The molecule has 32 heavy (non-hydrogen) atoms. The lowest BCUT2D eigenvalue weighted by Gasteiger charge is -2.25. The van der Waals surface area contributed by atoms with E-state index in [1.807, 2.05) is 6.92 Å². The number of ketones is 1. The van der Waals surface area contributed by atoms with Gasteiger partial charge in [-0.1, -0.05) is 29.3 Å². The number of non-ortho nitro benzene ring substituents is 1. The molecule has 0 unspecified atom stereocenters. The Labute approximate surface area is 188 Å². The molecule has 7 nitrogen and oxygen atoms in total. The van der Waals surface area contributed by atoms with E-state index < -0.39 is 22.7 Å². The smallest absolute Gasteiger partial charge is 0.300 e. The van der Waals surface area contributed by atoms with E-state index in [9.17, 15) is 24.8 Å². The highest BCUT2D eigenvalue weighted by molar-refractivity contribution is 6.51. The van der Waals surface area contributed by atoms with E-state index in [1.165, 1.54) is 29.2 Å². The second-order valence-electron chi connectivity index (χ2n) is 7.36. The van der Waals surface area contributed by atoms with E-state index in [2.05, 4.69) is 0 Å². The van der Waals surface area contributed by atoms with Crippen LogP contribution in [-0.4, -0.2) is 21.7 Å². The van der Waals surface area contributed by atoms with Gasteiger partial charge < -0.3 is 5.11 Å². The zero-order valence-corrected chi connectivity index (χ0v) is 17.6. The van der Waals surface area contributed by atoms with E-state index in [-0.39, 0.29) is 17.0 Å². The molecule has 0 aromatic heterocycles. The average molecular weight is 449 g/mol. The Morgan fingerprint density at radius 2 is 1.56 bits per heavy atom. The fraction of sp³-hybridized carbons (Fsp3) is 0.0833. The number of benzene rings is 3. The maximum absolute atomic E-state index is 13.1. The van der Waals surface area contributed by atoms with E-state index in [0.717, 1.165) is 5.56 Å².